The molecule has 0 aliphatic heterocycles. The molecule has 0 radical (unpaired) electrons. The van der Waals surface area contributed by atoms with E-state index in [0.717, 1.165) is 39.9 Å². The van der Waals surface area contributed by atoms with Crippen molar-refractivity contribution in [3.8, 4) is 5.75 Å². The summed E-state index contributed by atoms with van der Waals surface area (Å²) in [7, 11) is 0. The monoisotopic (exact) mass is 380 g/mol. The zero-order valence-corrected chi connectivity index (χ0v) is 16.7. The van der Waals surface area contributed by atoms with Crippen LogP contribution in [0.5, 0.6) is 5.75 Å². The molecule has 1 heterocycles. The first kappa shape index (κ1) is 19.1. The molecule has 2 aromatic carbocycles. The van der Waals surface area contributed by atoms with Gasteiger partial charge in [-0.3, -0.25) is 10.1 Å². The maximum Gasteiger partial charge on any atom is 0.250 e. The van der Waals surface area contributed by atoms with Gasteiger partial charge in [0.1, 0.15) is 5.75 Å². The van der Waals surface area contributed by atoms with Crippen LogP contribution in [0.1, 0.15) is 36.5 Å². The van der Waals surface area contributed by atoms with E-state index in [9.17, 15) is 4.79 Å². The van der Waals surface area contributed by atoms with E-state index in [0.29, 0.717) is 11.7 Å². The third-order valence-electron chi connectivity index (χ3n) is 4.15. The number of aryl methyl sites for hydroxylation is 2. The van der Waals surface area contributed by atoms with Crippen LogP contribution in [-0.2, 0) is 4.79 Å². The van der Waals surface area contributed by atoms with Crippen molar-refractivity contribution in [2.75, 3.05) is 11.9 Å². The zero-order valence-electron chi connectivity index (χ0n) is 15.9. The highest BCUT2D eigenvalue weighted by molar-refractivity contribution is 7.22. The minimum Gasteiger partial charge on any atom is -0.493 e. The number of ether oxygens (including phenoxy) is 1. The number of carbonyl (C=O) groups is 1. The molecule has 0 aliphatic rings. The Morgan fingerprint density at radius 1 is 1.26 bits per heavy atom. The lowest BCUT2D eigenvalue weighted by molar-refractivity contribution is -0.111. The molecule has 0 saturated heterocycles. The van der Waals surface area contributed by atoms with Crippen molar-refractivity contribution >= 4 is 38.7 Å². The molecule has 1 aromatic heterocycles. The highest BCUT2D eigenvalue weighted by atomic mass is 32.1. The summed E-state index contributed by atoms with van der Waals surface area (Å²) in [4.78, 5) is 16.9. The van der Waals surface area contributed by atoms with E-state index >= 15 is 0 Å². The van der Waals surface area contributed by atoms with Gasteiger partial charge in [0.2, 0.25) is 5.91 Å². The fraction of sp³-hybridized carbons (Fsp3) is 0.273. The van der Waals surface area contributed by atoms with Crippen molar-refractivity contribution < 1.29 is 9.53 Å². The Balaban J connectivity index is 1.70. The molecule has 0 atom stereocenters. The second-order valence-electron chi connectivity index (χ2n) is 6.51. The maximum absolute atomic E-state index is 12.3. The van der Waals surface area contributed by atoms with Crippen molar-refractivity contribution in [3.05, 3.63) is 59.2 Å². The highest BCUT2D eigenvalue weighted by Crippen LogP contribution is 2.29. The zero-order chi connectivity index (χ0) is 19.2. The summed E-state index contributed by atoms with van der Waals surface area (Å²) in [5.41, 5.74) is 4.15. The number of unbranched alkanes of at least 4 members (excludes halogenated alkanes) is 1. The van der Waals surface area contributed by atoms with Gasteiger partial charge < -0.3 is 4.74 Å². The first-order valence-corrected chi connectivity index (χ1v) is 9.97. The number of anilines is 1. The number of hydrogen-bond donors (Lipinski definition) is 1. The summed E-state index contributed by atoms with van der Waals surface area (Å²) in [6.45, 7) is 6.91. The quantitative estimate of drug-likeness (QED) is 0.420. The van der Waals surface area contributed by atoms with Gasteiger partial charge in [-0.15, -0.1) is 0 Å². The van der Waals surface area contributed by atoms with Crippen LogP contribution in [0, 0.1) is 13.8 Å². The lowest BCUT2D eigenvalue weighted by Gasteiger charge is -2.08. The van der Waals surface area contributed by atoms with Gasteiger partial charge in [-0.1, -0.05) is 48.9 Å². The minimum atomic E-state index is -0.202. The number of fused-ring (bicyclic) bond motifs is 1. The van der Waals surface area contributed by atoms with Crippen molar-refractivity contribution in [1.82, 2.24) is 4.98 Å². The van der Waals surface area contributed by atoms with Crippen molar-refractivity contribution in [3.63, 3.8) is 0 Å². The fourth-order valence-electron chi connectivity index (χ4n) is 2.81. The summed E-state index contributed by atoms with van der Waals surface area (Å²) in [6, 6.07) is 11.9. The SMILES string of the molecule is CCCCOc1ccccc1/C=C/C(=O)Nc1nc2c(C)cc(C)cc2s1. The molecular formula is C22H24N2O2S. The minimum absolute atomic E-state index is 0.202. The van der Waals surface area contributed by atoms with Crippen LogP contribution in [0.15, 0.2) is 42.5 Å². The number of hydrogen-bond acceptors (Lipinski definition) is 4. The maximum atomic E-state index is 12.3. The number of nitrogens with zero attached hydrogens (tertiary/aromatic N) is 1. The summed E-state index contributed by atoms with van der Waals surface area (Å²) < 4.78 is 6.88. The number of amides is 1. The van der Waals surface area contributed by atoms with Gasteiger partial charge in [0.25, 0.3) is 0 Å². The van der Waals surface area contributed by atoms with Crippen LogP contribution in [0.25, 0.3) is 16.3 Å². The van der Waals surface area contributed by atoms with Crippen molar-refractivity contribution in [2.24, 2.45) is 0 Å². The number of carbonyl (C=O) groups excluding carboxylic acids is 1. The average molecular weight is 381 g/mol. The van der Waals surface area contributed by atoms with E-state index in [-0.39, 0.29) is 5.91 Å². The van der Waals surface area contributed by atoms with Crippen LogP contribution in [0.3, 0.4) is 0 Å². The Kier molecular flexibility index (Phi) is 6.24. The van der Waals surface area contributed by atoms with Gasteiger partial charge in [0.15, 0.2) is 5.13 Å². The smallest absolute Gasteiger partial charge is 0.250 e. The number of rotatable bonds is 7. The molecule has 5 heteroatoms. The van der Waals surface area contributed by atoms with Gasteiger partial charge in [0, 0.05) is 11.6 Å². The molecule has 1 amide bonds. The molecule has 0 bridgehead atoms. The molecule has 0 saturated carbocycles. The molecule has 3 aromatic rings. The Bertz CT molecular complexity index is 976. The van der Waals surface area contributed by atoms with E-state index in [1.165, 1.54) is 23.0 Å². The van der Waals surface area contributed by atoms with Gasteiger partial charge in [0.05, 0.1) is 16.8 Å². The van der Waals surface area contributed by atoms with E-state index in [2.05, 4.69) is 36.3 Å². The van der Waals surface area contributed by atoms with Gasteiger partial charge in [-0.25, -0.2) is 4.98 Å². The number of para-hydroxylation sites is 1. The summed E-state index contributed by atoms with van der Waals surface area (Å²) >= 11 is 1.49. The summed E-state index contributed by atoms with van der Waals surface area (Å²) in [5.74, 6) is 0.591. The van der Waals surface area contributed by atoms with Crippen molar-refractivity contribution in [1.29, 1.82) is 0 Å². The number of nitrogens with one attached hydrogen (secondary N) is 1. The molecule has 0 spiro atoms. The third kappa shape index (κ3) is 4.95. The van der Waals surface area contributed by atoms with E-state index in [4.69, 9.17) is 4.74 Å². The largest absolute Gasteiger partial charge is 0.493 e. The first-order chi connectivity index (χ1) is 13.1. The predicted octanol–water partition coefficient (Wildman–Crippen LogP) is 5.74. The van der Waals surface area contributed by atoms with Crippen LogP contribution in [-0.4, -0.2) is 17.5 Å². The van der Waals surface area contributed by atoms with E-state index in [1.807, 2.05) is 31.2 Å². The molecule has 4 nitrogen and oxygen atoms in total. The Hall–Kier alpha value is -2.66. The summed E-state index contributed by atoms with van der Waals surface area (Å²) in [5, 5.41) is 3.47. The molecule has 0 aliphatic carbocycles. The molecular weight excluding hydrogens is 356 g/mol. The topological polar surface area (TPSA) is 51.2 Å². The van der Waals surface area contributed by atoms with Gasteiger partial charge >= 0.3 is 0 Å². The number of benzene rings is 2. The Morgan fingerprint density at radius 2 is 2.07 bits per heavy atom. The predicted molar refractivity (Wildman–Crippen MR) is 114 cm³/mol. The van der Waals surface area contributed by atoms with Crippen LogP contribution in [0.4, 0.5) is 5.13 Å². The van der Waals surface area contributed by atoms with Gasteiger partial charge in [-0.2, -0.15) is 0 Å². The molecule has 0 fully saturated rings. The second kappa shape index (κ2) is 8.82. The number of aromatic nitrogens is 1. The van der Waals surface area contributed by atoms with Gasteiger partial charge in [-0.05, 0) is 49.6 Å². The standard InChI is InChI=1S/C22H24N2O2S/c1-4-5-12-26-18-9-7-6-8-17(18)10-11-20(25)23-22-24-21-16(3)13-15(2)14-19(21)27-22/h6-11,13-14H,4-5,12H2,1-3H3,(H,23,24,25)/b11-10+. The molecule has 1 N–H and O–H groups in total. The van der Waals surface area contributed by atoms with Crippen LogP contribution < -0.4 is 10.1 Å². The first-order valence-electron chi connectivity index (χ1n) is 9.15. The Labute approximate surface area is 163 Å². The molecule has 140 valence electrons. The lowest BCUT2D eigenvalue weighted by atomic mass is 10.1. The van der Waals surface area contributed by atoms with E-state index < -0.39 is 0 Å². The van der Waals surface area contributed by atoms with Crippen LogP contribution >= 0.6 is 11.3 Å². The summed E-state index contributed by atoms with van der Waals surface area (Å²) in [6.07, 6.45) is 5.39. The average Bonchev–Trinajstić information content (AvgIpc) is 3.03. The second-order valence-corrected chi connectivity index (χ2v) is 7.54. The molecule has 27 heavy (non-hydrogen) atoms. The number of thiazole rings is 1. The van der Waals surface area contributed by atoms with Crippen molar-refractivity contribution in [2.45, 2.75) is 33.6 Å². The Morgan fingerprint density at radius 3 is 2.89 bits per heavy atom. The third-order valence-corrected chi connectivity index (χ3v) is 5.07. The molecule has 3 rings (SSSR count). The molecule has 0 unspecified atom stereocenters. The fourth-order valence-corrected chi connectivity index (χ4v) is 3.86. The normalized spacial score (nSPS) is 11.2. The van der Waals surface area contributed by atoms with E-state index in [1.54, 1.807) is 6.08 Å². The van der Waals surface area contributed by atoms with Crippen LogP contribution in [0.2, 0.25) is 0 Å². The lowest BCUT2D eigenvalue weighted by Crippen LogP contribution is -2.07. The highest BCUT2D eigenvalue weighted by Gasteiger charge is 2.09.